The highest BCUT2D eigenvalue weighted by molar-refractivity contribution is 5.96. The quantitative estimate of drug-likeness (QED) is 0.530. The van der Waals surface area contributed by atoms with E-state index in [-0.39, 0.29) is 31.9 Å². The zero-order valence-electron chi connectivity index (χ0n) is 8.63. The van der Waals surface area contributed by atoms with Crippen molar-refractivity contribution in [2.75, 3.05) is 13.2 Å². The highest BCUT2D eigenvalue weighted by Crippen LogP contribution is 2.24. The van der Waals surface area contributed by atoms with Gasteiger partial charge in [0.15, 0.2) is 0 Å². The second kappa shape index (κ2) is 4.36. The average molecular weight is 230 g/mol. The summed E-state index contributed by atoms with van der Waals surface area (Å²) in [5, 5.41) is 20.6. The van der Waals surface area contributed by atoms with Gasteiger partial charge in [0, 0.05) is 19.4 Å². The molecule has 16 heavy (non-hydrogen) atoms. The van der Waals surface area contributed by atoms with Crippen LogP contribution < -0.4 is 5.32 Å². The highest BCUT2D eigenvalue weighted by atomic mass is 16.5. The minimum atomic E-state index is -0.777. The number of nitrogens with zero attached hydrogens (tertiary/aromatic N) is 1. The maximum Gasteiger partial charge on any atom is 0.326 e. The lowest BCUT2D eigenvalue weighted by Gasteiger charge is -2.31. The number of nitrogens with one attached hydrogen (secondary N) is 1. The molecule has 0 saturated carbocycles. The number of amides is 3. The molecule has 0 aromatic rings. The molecule has 0 spiro atoms. The summed E-state index contributed by atoms with van der Waals surface area (Å²) in [6, 6.07) is -0.507. The SMILES string of the molecule is O=C1CCN([C@H]2C[C@H](O)[C@@H](CO)O2)C(=O)N1. The Hall–Kier alpha value is -1.18. The molecule has 7 heteroatoms. The Balaban J connectivity index is 1.98. The first-order valence-electron chi connectivity index (χ1n) is 5.16. The van der Waals surface area contributed by atoms with Gasteiger partial charge >= 0.3 is 6.03 Å². The molecule has 7 nitrogen and oxygen atoms in total. The highest BCUT2D eigenvalue weighted by Gasteiger charge is 2.40. The summed E-state index contributed by atoms with van der Waals surface area (Å²) in [6.07, 6.45) is -1.52. The standard InChI is InChI=1S/C9H14N2O5/c12-4-6-5(13)3-8(16-6)11-2-1-7(14)10-9(11)15/h5-6,8,12-13H,1-4H2,(H,10,14,15)/t5-,6+,8+/m0/s1. The summed E-state index contributed by atoms with van der Waals surface area (Å²) in [7, 11) is 0. The zero-order valence-corrected chi connectivity index (χ0v) is 8.63. The first kappa shape index (κ1) is 11.3. The van der Waals surface area contributed by atoms with Crippen LogP contribution in [0.1, 0.15) is 12.8 Å². The lowest BCUT2D eigenvalue weighted by atomic mass is 10.2. The number of hydrogen-bond donors (Lipinski definition) is 3. The molecule has 3 atom stereocenters. The van der Waals surface area contributed by atoms with Crippen molar-refractivity contribution in [3.8, 4) is 0 Å². The summed E-state index contributed by atoms with van der Waals surface area (Å²) < 4.78 is 5.32. The summed E-state index contributed by atoms with van der Waals surface area (Å²) in [4.78, 5) is 23.8. The van der Waals surface area contributed by atoms with Gasteiger partial charge in [0.25, 0.3) is 0 Å². The molecule has 2 fully saturated rings. The summed E-state index contributed by atoms with van der Waals surface area (Å²) in [5.74, 6) is -0.307. The van der Waals surface area contributed by atoms with Crippen molar-refractivity contribution in [1.82, 2.24) is 10.2 Å². The van der Waals surface area contributed by atoms with Crippen molar-refractivity contribution in [3.63, 3.8) is 0 Å². The van der Waals surface area contributed by atoms with Crippen molar-refractivity contribution in [2.45, 2.75) is 31.3 Å². The van der Waals surface area contributed by atoms with E-state index in [4.69, 9.17) is 9.84 Å². The molecule has 0 radical (unpaired) electrons. The zero-order chi connectivity index (χ0) is 11.7. The summed E-state index contributed by atoms with van der Waals surface area (Å²) in [6.45, 7) is -0.00768. The van der Waals surface area contributed by atoms with Crippen LogP contribution in [0.25, 0.3) is 0 Å². The smallest absolute Gasteiger partial charge is 0.326 e. The van der Waals surface area contributed by atoms with Crippen LogP contribution in [-0.4, -0.2) is 58.6 Å². The van der Waals surface area contributed by atoms with E-state index in [0.717, 1.165) is 0 Å². The van der Waals surface area contributed by atoms with Gasteiger partial charge in [0.2, 0.25) is 5.91 Å². The van der Waals surface area contributed by atoms with E-state index >= 15 is 0 Å². The molecule has 90 valence electrons. The molecule has 2 aliphatic heterocycles. The van der Waals surface area contributed by atoms with Gasteiger partial charge in [-0.3, -0.25) is 15.0 Å². The van der Waals surface area contributed by atoms with Gasteiger partial charge in [-0.2, -0.15) is 0 Å². The van der Waals surface area contributed by atoms with Crippen LogP contribution in [0.4, 0.5) is 4.79 Å². The van der Waals surface area contributed by atoms with E-state index in [0.29, 0.717) is 0 Å². The summed E-state index contributed by atoms with van der Waals surface area (Å²) in [5.41, 5.74) is 0. The van der Waals surface area contributed by atoms with Gasteiger partial charge in [0.05, 0.1) is 12.7 Å². The molecule has 0 bridgehead atoms. The number of urea groups is 1. The van der Waals surface area contributed by atoms with Crippen molar-refractivity contribution in [3.05, 3.63) is 0 Å². The molecular formula is C9H14N2O5. The lowest BCUT2D eigenvalue weighted by molar-refractivity contribution is -0.123. The Bertz CT molecular complexity index is 308. The Morgan fingerprint density at radius 2 is 2.25 bits per heavy atom. The molecule has 0 unspecified atom stereocenters. The van der Waals surface area contributed by atoms with Crippen LogP contribution in [0.2, 0.25) is 0 Å². The Kier molecular flexibility index (Phi) is 3.08. The van der Waals surface area contributed by atoms with E-state index in [1.807, 2.05) is 0 Å². The molecule has 0 aromatic carbocycles. The second-order valence-corrected chi connectivity index (χ2v) is 3.91. The molecule has 3 N–H and O–H groups in total. The van der Waals surface area contributed by atoms with Crippen LogP contribution in [0.5, 0.6) is 0 Å². The van der Waals surface area contributed by atoms with Gasteiger partial charge in [-0.1, -0.05) is 0 Å². The van der Waals surface area contributed by atoms with E-state index < -0.39 is 24.5 Å². The molecule has 0 aromatic heterocycles. The third kappa shape index (κ3) is 2.01. The van der Waals surface area contributed by atoms with Gasteiger partial charge in [0.1, 0.15) is 12.3 Å². The van der Waals surface area contributed by atoms with Crippen LogP contribution in [-0.2, 0) is 9.53 Å². The number of carbonyl (C=O) groups excluding carboxylic acids is 2. The number of aliphatic hydroxyl groups is 2. The van der Waals surface area contributed by atoms with E-state index in [2.05, 4.69) is 5.32 Å². The maximum absolute atomic E-state index is 11.5. The average Bonchev–Trinajstić information content (AvgIpc) is 2.59. The summed E-state index contributed by atoms with van der Waals surface area (Å²) >= 11 is 0. The molecule has 2 heterocycles. The number of hydrogen-bond acceptors (Lipinski definition) is 5. The molecule has 3 amide bonds. The predicted octanol–water partition coefficient (Wildman–Crippen LogP) is -1.60. The van der Waals surface area contributed by atoms with Crippen LogP contribution in [0, 0.1) is 0 Å². The topological polar surface area (TPSA) is 99.1 Å². The van der Waals surface area contributed by atoms with Gasteiger partial charge < -0.3 is 14.9 Å². The number of imide groups is 1. The number of aliphatic hydroxyl groups excluding tert-OH is 2. The lowest BCUT2D eigenvalue weighted by Crippen LogP contribution is -2.53. The minimum Gasteiger partial charge on any atom is -0.394 e. The fourth-order valence-corrected chi connectivity index (χ4v) is 1.92. The van der Waals surface area contributed by atoms with Crippen molar-refractivity contribution >= 4 is 11.9 Å². The Morgan fingerprint density at radius 1 is 1.50 bits per heavy atom. The third-order valence-electron chi connectivity index (χ3n) is 2.82. The van der Waals surface area contributed by atoms with Gasteiger partial charge in [-0.15, -0.1) is 0 Å². The van der Waals surface area contributed by atoms with Gasteiger partial charge in [-0.25, -0.2) is 4.79 Å². The number of rotatable bonds is 2. The fourth-order valence-electron chi connectivity index (χ4n) is 1.92. The Morgan fingerprint density at radius 3 is 2.81 bits per heavy atom. The van der Waals surface area contributed by atoms with Gasteiger partial charge in [-0.05, 0) is 0 Å². The largest absolute Gasteiger partial charge is 0.394 e. The van der Waals surface area contributed by atoms with Crippen molar-refractivity contribution in [2.24, 2.45) is 0 Å². The van der Waals surface area contributed by atoms with Crippen molar-refractivity contribution < 1.29 is 24.5 Å². The first-order chi connectivity index (χ1) is 7.61. The number of carbonyl (C=O) groups is 2. The molecular weight excluding hydrogens is 216 g/mol. The number of ether oxygens (including phenoxy) is 1. The minimum absolute atomic E-state index is 0.228. The van der Waals surface area contributed by atoms with E-state index in [1.54, 1.807) is 0 Å². The van der Waals surface area contributed by atoms with E-state index in [1.165, 1.54) is 4.90 Å². The Labute approximate surface area is 92.0 Å². The normalized spacial score (nSPS) is 35.4. The van der Waals surface area contributed by atoms with Crippen LogP contribution in [0.15, 0.2) is 0 Å². The molecule has 2 aliphatic rings. The third-order valence-corrected chi connectivity index (χ3v) is 2.82. The molecule has 0 aliphatic carbocycles. The molecule has 2 rings (SSSR count). The van der Waals surface area contributed by atoms with Crippen LogP contribution >= 0.6 is 0 Å². The van der Waals surface area contributed by atoms with E-state index in [9.17, 15) is 14.7 Å². The first-order valence-corrected chi connectivity index (χ1v) is 5.16. The van der Waals surface area contributed by atoms with Crippen LogP contribution in [0.3, 0.4) is 0 Å². The molecule has 2 saturated heterocycles. The maximum atomic E-state index is 11.5. The monoisotopic (exact) mass is 230 g/mol. The predicted molar refractivity (Wildman–Crippen MR) is 51.2 cm³/mol. The van der Waals surface area contributed by atoms with Crippen molar-refractivity contribution in [1.29, 1.82) is 0 Å². The fraction of sp³-hybridized carbons (Fsp3) is 0.778. The second-order valence-electron chi connectivity index (χ2n) is 3.91.